The number of nitrogens with one attached hydrogen (secondary N) is 1. The van der Waals surface area contributed by atoms with Crippen molar-refractivity contribution >= 4 is 17.5 Å². The van der Waals surface area contributed by atoms with Gasteiger partial charge < -0.3 is 14.5 Å². The number of nitrogens with zero attached hydrogens (tertiary/aromatic N) is 3. The lowest BCUT2D eigenvalue weighted by molar-refractivity contribution is -0.150. The first kappa shape index (κ1) is 18.4. The topological polar surface area (TPSA) is 65.1 Å². The summed E-state index contributed by atoms with van der Waals surface area (Å²) in [5.74, 6) is -0.300. The van der Waals surface area contributed by atoms with E-state index >= 15 is 0 Å². The van der Waals surface area contributed by atoms with Crippen LogP contribution in [-0.4, -0.2) is 73.1 Å². The molecule has 1 N–H and O–H groups in total. The Kier molecular flexibility index (Phi) is 4.92. The zero-order valence-electron chi connectivity index (χ0n) is 16.2. The van der Waals surface area contributed by atoms with Gasteiger partial charge in [0.2, 0.25) is 11.8 Å². The Morgan fingerprint density at radius 3 is 2.41 bits per heavy atom. The van der Waals surface area contributed by atoms with Gasteiger partial charge in [0.25, 0.3) is 0 Å². The third-order valence-electron chi connectivity index (χ3n) is 5.76. The van der Waals surface area contributed by atoms with Gasteiger partial charge in [0.1, 0.15) is 0 Å². The number of ether oxygens (including phenoxy) is 1. The number of hydrogen-bond acceptors (Lipinski definition) is 5. The molecule has 3 aliphatic heterocycles. The van der Waals surface area contributed by atoms with E-state index in [-0.39, 0.29) is 41.9 Å². The van der Waals surface area contributed by atoms with Crippen molar-refractivity contribution in [3.63, 3.8) is 0 Å². The van der Waals surface area contributed by atoms with E-state index in [0.29, 0.717) is 26.2 Å². The second-order valence-corrected chi connectivity index (χ2v) is 8.10. The monoisotopic (exact) mass is 372 g/mol. The third-order valence-corrected chi connectivity index (χ3v) is 5.76. The highest BCUT2D eigenvalue weighted by Crippen LogP contribution is 2.32. The Labute approximate surface area is 160 Å². The molecule has 5 atom stereocenters. The summed E-state index contributed by atoms with van der Waals surface area (Å²) in [6.07, 6.45) is 0.0719. The Balaban J connectivity index is 1.57. The van der Waals surface area contributed by atoms with E-state index in [4.69, 9.17) is 4.74 Å². The van der Waals surface area contributed by atoms with Crippen molar-refractivity contribution in [2.75, 3.05) is 38.2 Å². The molecule has 146 valence electrons. The number of fused-ring (bicyclic) bond motifs is 1. The summed E-state index contributed by atoms with van der Waals surface area (Å²) >= 11 is 0. The minimum Gasteiger partial charge on any atom is -0.372 e. The number of morpholine rings is 1. The van der Waals surface area contributed by atoms with Gasteiger partial charge in [0, 0.05) is 26.2 Å². The molecule has 7 nitrogen and oxygen atoms in total. The van der Waals surface area contributed by atoms with E-state index in [1.54, 1.807) is 5.01 Å². The number of anilines is 1. The molecule has 5 unspecified atom stereocenters. The van der Waals surface area contributed by atoms with Crippen molar-refractivity contribution < 1.29 is 14.3 Å². The number of benzene rings is 1. The lowest BCUT2D eigenvalue weighted by Crippen LogP contribution is -2.59. The van der Waals surface area contributed by atoms with Crippen LogP contribution in [0.4, 0.5) is 5.69 Å². The molecule has 3 saturated heterocycles. The maximum atomic E-state index is 13.4. The number of amides is 2. The molecule has 0 spiro atoms. The van der Waals surface area contributed by atoms with Crippen LogP contribution in [0.1, 0.15) is 13.8 Å². The Morgan fingerprint density at radius 1 is 1.07 bits per heavy atom. The largest absolute Gasteiger partial charge is 0.372 e. The molecule has 2 amide bonds. The number of rotatable bonds is 2. The summed E-state index contributed by atoms with van der Waals surface area (Å²) in [5.41, 5.74) is 4.17. The Hall–Kier alpha value is -1.96. The second kappa shape index (κ2) is 7.22. The number of carbonyl (C=O) groups excluding carboxylic acids is 2. The Bertz CT molecular complexity index is 702. The SMILES string of the molecule is CC1CN(C(=O)C2CN(C)CC3C(=O)N(c4ccccc4)NC23)CC(C)O1. The van der Waals surface area contributed by atoms with Gasteiger partial charge in [0.15, 0.2) is 0 Å². The molecule has 0 aliphatic carbocycles. The van der Waals surface area contributed by atoms with Crippen LogP contribution in [-0.2, 0) is 14.3 Å². The summed E-state index contributed by atoms with van der Waals surface area (Å²) in [7, 11) is 1.99. The molecule has 0 bridgehead atoms. The summed E-state index contributed by atoms with van der Waals surface area (Å²) in [6, 6.07) is 9.41. The molecule has 1 aromatic carbocycles. The average Bonchev–Trinajstić information content (AvgIpc) is 2.97. The number of piperidine rings is 1. The third kappa shape index (κ3) is 3.47. The maximum Gasteiger partial charge on any atom is 0.247 e. The number of hydrazine groups is 1. The van der Waals surface area contributed by atoms with Crippen LogP contribution in [0.3, 0.4) is 0 Å². The minimum atomic E-state index is -0.246. The quantitative estimate of drug-likeness (QED) is 0.829. The van der Waals surface area contributed by atoms with E-state index in [9.17, 15) is 9.59 Å². The van der Waals surface area contributed by atoms with Gasteiger partial charge in [-0.05, 0) is 33.0 Å². The highest BCUT2D eigenvalue weighted by atomic mass is 16.5. The van der Waals surface area contributed by atoms with E-state index in [1.165, 1.54) is 0 Å². The lowest BCUT2D eigenvalue weighted by atomic mass is 9.83. The molecule has 0 radical (unpaired) electrons. The number of hydrogen-bond donors (Lipinski definition) is 1. The van der Waals surface area contributed by atoms with Crippen molar-refractivity contribution in [2.24, 2.45) is 11.8 Å². The smallest absolute Gasteiger partial charge is 0.247 e. The first-order chi connectivity index (χ1) is 12.9. The maximum absolute atomic E-state index is 13.4. The van der Waals surface area contributed by atoms with Gasteiger partial charge in [-0.2, -0.15) is 0 Å². The van der Waals surface area contributed by atoms with Crippen molar-refractivity contribution in [1.82, 2.24) is 15.2 Å². The van der Waals surface area contributed by atoms with E-state index in [0.717, 1.165) is 5.69 Å². The van der Waals surface area contributed by atoms with Gasteiger partial charge in [-0.15, -0.1) is 0 Å². The van der Waals surface area contributed by atoms with Gasteiger partial charge in [0.05, 0.1) is 35.8 Å². The van der Waals surface area contributed by atoms with Crippen LogP contribution >= 0.6 is 0 Å². The zero-order chi connectivity index (χ0) is 19.1. The first-order valence-corrected chi connectivity index (χ1v) is 9.72. The van der Waals surface area contributed by atoms with Crippen molar-refractivity contribution in [3.8, 4) is 0 Å². The van der Waals surface area contributed by atoms with Crippen LogP contribution in [0.5, 0.6) is 0 Å². The second-order valence-electron chi connectivity index (χ2n) is 8.10. The molecule has 27 heavy (non-hydrogen) atoms. The zero-order valence-corrected chi connectivity index (χ0v) is 16.2. The van der Waals surface area contributed by atoms with Crippen molar-refractivity contribution in [1.29, 1.82) is 0 Å². The molecule has 7 heteroatoms. The molecule has 0 aromatic heterocycles. The number of carbonyl (C=O) groups is 2. The predicted molar refractivity (Wildman–Crippen MR) is 102 cm³/mol. The first-order valence-electron chi connectivity index (χ1n) is 9.72. The average molecular weight is 372 g/mol. The Morgan fingerprint density at radius 2 is 1.74 bits per heavy atom. The van der Waals surface area contributed by atoms with E-state index in [2.05, 4.69) is 10.3 Å². The molecule has 4 rings (SSSR count). The van der Waals surface area contributed by atoms with Crippen LogP contribution in [0.2, 0.25) is 0 Å². The molecule has 3 heterocycles. The fourth-order valence-corrected chi connectivity index (χ4v) is 4.65. The molecule has 1 aromatic rings. The lowest BCUT2D eigenvalue weighted by Gasteiger charge is -2.42. The van der Waals surface area contributed by atoms with E-state index in [1.807, 2.05) is 56.1 Å². The molecule has 0 saturated carbocycles. The fourth-order valence-electron chi connectivity index (χ4n) is 4.65. The highest BCUT2D eigenvalue weighted by molar-refractivity contribution is 5.98. The molecule has 3 fully saturated rings. The summed E-state index contributed by atoms with van der Waals surface area (Å²) < 4.78 is 5.77. The molecular weight excluding hydrogens is 344 g/mol. The predicted octanol–water partition coefficient (Wildman–Crippen LogP) is 0.720. The van der Waals surface area contributed by atoms with Crippen LogP contribution in [0.25, 0.3) is 0 Å². The van der Waals surface area contributed by atoms with Crippen LogP contribution in [0.15, 0.2) is 30.3 Å². The summed E-state index contributed by atoms with van der Waals surface area (Å²) in [4.78, 5) is 30.4. The summed E-state index contributed by atoms with van der Waals surface area (Å²) in [6.45, 7) is 6.54. The van der Waals surface area contributed by atoms with Crippen molar-refractivity contribution in [3.05, 3.63) is 30.3 Å². The fraction of sp³-hybridized carbons (Fsp3) is 0.600. The van der Waals surface area contributed by atoms with Gasteiger partial charge in [-0.3, -0.25) is 9.59 Å². The highest BCUT2D eigenvalue weighted by Gasteiger charge is 2.51. The summed E-state index contributed by atoms with van der Waals surface area (Å²) in [5, 5.41) is 1.62. The minimum absolute atomic E-state index is 0.0359. The molecule has 3 aliphatic rings. The molecular formula is C20H28N4O3. The number of para-hydroxylation sites is 1. The normalized spacial score (nSPS) is 34.6. The van der Waals surface area contributed by atoms with Crippen LogP contribution < -0.4 is 10.4 Å². The standard InChI is InChI=1S/C20H28N4O3/c1-13-9-23(10-14(2)27-13)19(25)16-11-22(3)12-17-18(16)21-24(20(17)26)15-7-5-4-6-8-15/h4-8,13-14,16-18,21H,9-12H2,1-3H3. The van der Waals surface area contributed by atoms with Gasteiger partial charge in [-0.1, -0.05) is 18.2 Å². The number of likely N-dealkylation sites (tertiary alicyclic amines) is 1. The van der Waals surface area contributed by atoms with Gasteiger partial charge in [-0.25, -0.2) is 10.4 Å². The van der Waals surface area contributed by atoms with Crippen molar-refractivity contribution in [2.45, 2.75) is 32.1 Å². The van der Waals surface area contributed by atoms with Crippen LogP contribution in [0, 0.1) is 11.8 Å². The van der Waals surface area contributed by atoms with Gasteiger partial charge >= 0.3 is 0 Å². The van der Waals surface area contributed by atoms with E-state index < -0.39 is 0 Å².